The second-order valence-electron chi connectivity index (χ2n) is 8.34. The lowest BCUT2D eigenvalue weighted by Crippen LogP contribution is -2.48. The van der Waals surface area contributed by atoms with Crippen LogP contribution in [0, 0.1) is 11.7 Å². The summed E-state index contributed by atoms with van der Waals surface area (Å²) in [6.07, 6.45) is 3.92. The third kappa shape index (κ3) is 5.72. The molecule has 160 valence electrons. The molecule has 0 spiro atoms. The number of benzene rings is 2. The molecule has 5 nitrogen and oxygen atoms in total. The summed E-state index contributed by atoms with van der Waals surface area (Å²) in [5.41, 5.74) is 2.31. The van der Waals surface area contributed by atoms with Crippen LogP contribution >= 0.6 is 0 Å². The van der Waals surface area contributed by atoms with E-state index in [1.165, 1.54) is 17.7 Å². The lowest BCUT2D eigenvalue weighted by atomic mass is 9.96. The van der Waals surface area contributed by atoms with Crippen molar-refractivity contribution in [3.8, 4) is 5.75 Å². The Bertz CT molecular complexity index is 835. The molecule has 2 amide bonds. The zero-order valence-electron chi connectivity index (χ0n) is 17.3. The number of likely N-dealkylation sites (tertiary alicyclic amines) is 1. The van der Waals surface area contributed by atoms with Gasteiger partial charge in [0.15, 0.2) is 0 Å². The molecule has 30 heavy (non-hydrogen) atoms. The summed E-state index contributed by atoms with van der Waals surface area (Å²) in [6, 6.07) is 14.6. The second kappa shape index (κ2) is 9.94. The molecule has 0 aromatic heterocycles. The summed E-state index contributed by atoms with van der Waals surface area (Å²) in [5.74, 6) is 1.25. The van der Waals surface area contributed by atoms with Crippen LogP contribution in [0.25, 0.3) is 0 Å². The van der Waals surface area contributed by atoms with Gasteiger partial charge in [0.2, 0.25) is 0 Å². The van der Waals surface area contributed by atoms with E-state index in [4.69, 9.17) is 4.74 Å². The molecule has 2 aliphatic heterocycles. The van der Waals surface area contributed by atoms with Crippen LogP contribution in [0.5, 0.6) is 5.75 Å². The van der Waals surface area contributed by atoms with Crippen molar-refractivity contribution in [1.29, 1.82) is 0 Å². The number of urea groups is 1. The van der Waals surface area contributed by atoms with Crippen molar-refractivity contribution in [2.75, 3.05) is 32.8 Å². The summed E-state index contributed by atoms with van der Waals surface area (Å²) < 4.78 is 18.7. The third-order valence-corrected chi connectivity index (χ3v) is 6.10. The van der Waals surface area contributed by atoms with Crippen LogP contribution in [0.4, 0.5) is 9.18 Å². The third-order valence-electron chi connectivity index (χ3n) is 6.10. The molecule has 0 radical (unpaired) electrons. The summed E-state index contributed by atoms with van der Waals surface area (Å²) >= 11 is 0. The maximum absolute atomic E-state index is 13.0. The molecule has 2 aromatic rings. The van der Waals surface area contributed by atoms with Crippen molar-refractivity contribution in [1.82, 2.24) is 15.5 Å². The molecule has 2 heterocycles. The fourth-order valence-corrected chi connectivity index (χ4v) is 4.25. The topological polar surface area (TPSA) is 53.6 Å². The number of nitrogens with one attached hydrogen (secondary N) is 2. The molecule has 4 rings (SSSR count). The number of halogens is 1. The minimum Gasteiger partial charge on any atom is -0.491 e. The molecule has 0 aliphatic carbocycles. The smallest absolute Gasteiger partial charge is 0.315 e. The molecular weight excluding hydrogens is 381 g/mol. The summed E-state index contributed by atoms with van der Waals surface area (Å²) in [4.78, 5) is 14.8. The van der Waals surface area contributed by atoms with Crippen LogP contribution in [-0.4, -0.2) is 49.8 Å². The highest BCUT2D eigenvalue weighted by Gasteiger charge is 2.22. The average molecular weight is 412 g/mol. The van der Waals surface area contributed by atoms with Crippen LogP contribution in [-0.2, 0) is 12.8 Å². The number of fused-ring (bicyclic) bond motifs is 1. The first-order valence-electron chi connectivity index (χ1n) is 10.9. The van der Waals surface area contributed by atoms with Gasteiger partial charge in [0.25, 0.3) is 0 Å². The maximum atomic E-state index is 13.0. The van der Waals surface area contributed by atoms with Crippen molar-refractivity contribution in [3.05, 3.63) is 65.5 Å². The predicted octanol–water partition coefficient (Wildman–Crippen LogP) is 3.38. The van der Waals surface area contributed by atoms with Crippen LogP contribution in [0.15, 0.2) is 48.5 Å². The lowest BCUT2D eigenvalue weighted by molar-refractivity contribution is 0.181. The summed E-state index contributed by atoms with van der Waals surface area (Å²) in [6.45, 7) is 4.30. The lowest BCUT2D eigenvalue weighted by Gasteiger charge is -2.32. The fraction of sp³-hybridized carbons (Fsp3) is 0.458. The monoisotopic (exact) mass is 411 g/mol. The van der Waals surface area contributed by atoms with E-state index < -0.39 is 0 Å². The first-order valence-corrected chi connectivity index (χ1v) is 10.9. The number of para-hydroxylation sites is 1. The SMILES string of the molecule is O=C(NCC1CCN(CCc2ccc(F)cc2)CC1)N[C@@H]1COc2ccccc2C1. The highest BCUT2D eigenvalue weighted by molar-refractivity contribution is 5.74. The Balaban J connectivity index is 1.12. The van der Waals surface area contributed by atoms with E-state index in [2.05, 4.69) is 15.5 Å². The Labute approximate surface area is 177 Å². The average Bonchev–Trinajstić information content (AvgIpc) is 2.78. The van der Waals surface area contributed by atoms with Gasteiger partial charge >= 0.3 is 6.03 Å². The van der Waals surface area contributed by atoms with E-state index in [-0.39, 0.29) is 17.9 Å². The van der Waals surface area contributed by atoms with Gasteiger partial charge in [-0.2, -0.15) is 0 Å². The highest BCUT2D eigenvalue weighted by atomic mass is 19.1. The minimum absolute atomic E-state index is 0.00760. The van der Waals surface area contributed by atoms with Crippen LogP contribution in [0.2, 0.25) is 0 Å². The van der Waals surface area contributed by atoms with Gasteiger partial charge < -0.3 is 20.3 Å². The van der Waals surface area contributed by atoms with E-state index in [0.717, 1.165) is 56.6 Å². The van der Waals surface area contributed by atoms with Gasteiger partial charge in [0.05, 0.1) is 6.04 Å². The first-order chi connectivity index (χ1) is 14.7. The zero-order chi connectivity index (χ0) is 20.8. The van der Waals surface area contributed by atoms with Gasteiger partial charge in [0, 0.05) is 13.1 Å². The predicted molar refractivity (Wildman–Crippen MR) is 115 cm³/mol. The second-order valence-corrected chi connectivity index (χ2v) is 8.34. The molecule has 0 bridgehead atoms. The van der Waals surface area contributed by atoms with Crippen LogP contribution < -0.4 is 15.4 Å². The number of amides is 2. The number of carbonyl (C=O) groups excluding carboxylic acids is 1. The zero-order valence-corrected chi connectivity index (χ0v) is 17.3. The van der Waals surface area contributed by atoms with Gasteiger partial charge in [-0.05, 0) is 74.0 Å². The minimum atomic E-state index is -0.183. The molecular formula is C24H30FN3O2. The Morgan fingerprint density at radius 2 is 1.87 bits per heavy atom. The fourth-order valence-electron chi connectivity index (χ4n) is 4.25. The Hall–Kier alpha value is -2.60. The Kier molecular flexibility index (Phi) is 6.84. The largest absolute Gasteiger partial charge is 0.491 e. The Morgan fingerprint density at radius 3 is 2.67 bits per heavy atom. The van der Waals surface area contributed by atoms with E-state index in [9.17, 15) is 9.18 Å². The molecule has 1 saturated heterocycles. The molecule has 2 aromatic carbocycles. The highest BCUT2D eigenvalue weighted by Crippen LogP contribution is 2.24. The number of rotatable bonds is 6. The molecule has 6 heteroatoms. The summed E-state index contributed by atoms with van der Waals surface area (Å²) in [7, 11) is 0. The van der Waals surface area contributed by atoms with Gasteiger partial charge in [-0.15, -0.1) is 0 Å². The van der Waals surface area contributed by atoms with E-state index in [0.29, 0.717) is 19.1 Å². The number of hydrogen-bond donors (Lipinski definition) is 2. The molecule has 1 atom stereocenters. The van der Waals surface area contributed by atoms with Crippen LogP contribution in [0.1, 0.15) is 24.0 Å². The molecule has 0 unspecified atom stereocenters. The Morgan fingerprint density at radius 1 is 1.10 bits per heavy atom. The normalized spacial score (nSPS) is 19.6. The van der Waals surface area contributed by atoms with Gasteiger partial charge in [-0.1, -0.05) is 30.3 Å². The molecule has 2 N–H and O–H groups in total. The van der Waals surface area contributed by atoms with Crippen molar-refractivity contribution >= 4 is 6.03 Å². The summed E-state index contributed by atoms with van der Waals surface area (Å²) in [5, 5.41) is 6.08. The van der Waals surface area contributed by atoms with Gasteiger partial charge in [-0.3, -0.25) is 0 Å². The standard InChI is InChI=1S/C24H30FN3O2/c25-21-7-5-18(6-8-21)9-12-28-13-10-19(11-14-28)16-26-24(29)27-22-15-20-3-1-2-4-23(20)30-17-22/h1-8,19,22H,9-17H2,(H2,26,27,29)/t22-/m0/s1. The first kappa shape index (κ1) is 20.7. The molecule has 2 aliphatic rings. The number of hydrogen-bond acceptors (Lipinski definition) is 3. The van der Waals surface area contributed by atoms with E-state index in [1.54, 1.807) is 0 Å². The van der Waals surface area contributed by atoms with Crippen molar-refractivity contribution in [2.24, 2.45) is 5.92 Å². The van der Waals surface area contributed by atoms with E-state index in [1.807, 2.05) is 36.4 Å². The molecule has 0 saturated carbocycles. The van der Waals surface area contributed by atoms with Crippen molar-refractivity contribution in [3.63, 3.8) is 0 Å². The number of piperidine rings is 1. The number of carbonyl (C=O) groups is 1. The number of nitrogens with zero attached hydrogens (tertiary/aromatic N) is 1. The quantitative estimate of drug-likeness (QED) is 0.766. The van der Waals surface area contributed by atoms with Gasteiger partial charge in [-0.25, -0.2) is 9.18 Å². The van der Waals surface area contributed by atoms with Gasteiger partial charge in [0.1, 0.15) is 18.2 Å². The van der Waals surface area contributed by atoms with Crippen molar-refractivity contribution < 1.29 is 13.9 Å². The maximum Gasteiger partial charge on any atom is 0.315 e. The number of ether oxygens (including phenoxy) is 1. The van der Waals surface area contributed by atoms with E-state index >= 15 is 0 Å². The molecule has 1 fully saturated rings. The van der Waals surface area contributed by atoms with Crippen molar-refractivity contribution in [2.45, 2.75) is 31.7 Å². The van der Waals surface area contributed by atoms with Crippen LogP contribution in [0.3, 0.4) is 0 Å².